The first-order chi connectivity index (χ1) is 17.7. The summed E-state index contributed by atoms with van der Waals surface area (Å²) in [5.41, 5.74) is 1.49. The molecule has 4 fully saturated rings. The highest BCUT2D eigenvalue weighted by Crippen LogP contribution is 2.48. The van der Waals surface area contributed by atoms with E-state index in [2.05, 4.69) is 20.4 Å². The van der Waals surface area contributed by atoms with Gasteiger partial charge in [-0.05, 0) is 52.0 Å². The van der Waals surface area contributed by atoms with Crippen molar-refractivity contribution in [2.75, 3.05) is 43.1 Å². The Morgan fingerprint density at radius 3 is 2.73 bits per heavy atom. The molecule has 0 unspecified atom stereocenters. The molecule has 37 heavy (non-hydrogen) atoms. The number of H-pyrrole nitrogens is 1. The summed E-state index contributed by atoms with van der Waals surface area (Å²) in [5, 5.41) is 16.0. The lowest BCUT2D eigenvalue weighted by Crippen LogP contribution is -2.66. The number of carbonyl (C=O) groups excluding carboxylic acids is 1. The van der Waals surface area contributed by atoms with E-state index in [1.165, 1.54) is 6.42 Å². The topological polar surface area (TPSA) is 104 Å². The van der Waals surface area contributed by atoms with Crippen LogP contribution in [0.3, 0.4) is 0 Å². The molecule has 7 rings (SSSR count). The maximum absolute atomic E-state index is 14.7. The van der Waals surface area contributed by atoms with Crippen molar-refractivity contribution in [2.24, 2.45) is 5.41 Å². The van der Waals surface area contributed by atoms with Crippen LogP contribution in [0.25, 0.3) is 22.3 Å². The van der Waals surface area contributed by atoms with Crippen molar-refractivity contribution in [3.05, 3.63) is 18.5 Å². The first kappa shape index (κ1) is 22.9. The number of nitrogens with zero attached hydrogens (tertiary/aromatic N) is 6. The van der Waals surface area contributed by atoms with Crippen molar-refractivity contribution < 1.29 is 13.9 Å². The van der Waals surface area contributed by atoms with E-state index in [1.807, 2.05) is 11.0 Å². The molecule has 0 radical (unpaired) electrons. The summed E-state index contributed by atoms with van der Waals surface area (Å²) in [6.45, 7) is 7.37. The van der Waals surface area contributed by atoms with Gasteiger partial charge in [0.25, 0.3) is 0 Å². The summed E-state index contributed by atoms with van der Waals surface area (Å²) in [6.07, 6.45) is 8.89. The summed E-state index contributed by atoms with van der Waals surface area (Å²) in [4.78, 5) is 22.2. The van der Waals surface area contributed by atoms with Crippen LogP contribution in [0, 0.1) is 5.41 Å². The van der Waals surface area contributed by atoms with Gasteiger partial charge >= 0.3 is 6.03 Å². The molecule has 0 bridgehead atoms. The van der Waals surface area contributed by atoms with E-state index >= 15 is 0 Å². The van der Waals surface area contributed by atoms with Gasteiger partial charge in [0.05, 0.1) is 53.7 Å². The predicted octanol–water partition coefficient (Wildman–Crippen LogP) is 3.96. The zero-order valence-electron chi connectivity index (χ0n) is 21.4. The quantitative estimate of drug-likeness (QED) is 0.541. The number of alkyl halides is 1. The van der Waals surface area contributed by atoms with Gasteiger partial charge in [-0.1, -0.05) is 0 Å². The van der Waals surface area contributed by atoms with Gasteiger partial charge in [0.2, 0.25) is 0 Å². The molecule has 1 saturated carbocycles. The van der Waals surface area contributed by atoms with Crippen LogP contribution < -0.4 is 10.2 Å². The number of hydrogen-bond donors (Lipinski definition) is 2. The van der Waals surface area contributed by atoms with Crippen LogP contribution in [-0.2, 0) is 11.3 Å². The molecule has 3 saturated heterocycles. The number of fused-ring (bicyclic) bond motifs is 1. The lowest BCUT2D eigenvalue weighted by atomic mass is 9.78. The smallest absolute Gasteiger partial charge is 0.322 e. The molecule has 3 aromatic heterocycles. The fourth-order valence-corrected chi connectivity index (χ4v) is 6.22. The fourth-order valence-electron chi connectivity index (χ4n) is 6.22. The lowest BCUT2D eigenvalue weighted by molar-refractivity contribution is -0.127. The first-order valence-corrected chi connectivity index (χ1v) is 13.3. The molecule has 2 amide bonds. The standard InChI is InChI=1S/C26H33FN8O2/c1-24(2,27)12-35-20-9-18(28-10-17(20)22(32-35)33-13-25(14-33)15-37-16-25)21-19(11-29-31-21)30-23(36)34-8-4-3-5-26(34)6-7-26/h9-11H,3-8,12-16H2,1-2H3,(H,29,31)(H,30,36). The van der Waals surface area contributed by atoms with Crippen LogP contribution in [0.2, 0.25) is 0 Å². The molecule has 196 valence electrons. The number of aromatic amines is 1. The third kappa shape index (κ3) is 3.86. The second-order valence-electron chi connectivity index (χ2n) is 12.1. The summed E-state index contributed by atoms with van der Waals surface area (Å²) >= 11 is 0. The summed E-state index contributed by atoms with van der Waals surface area (Å²) in [5.74, 6) is 0.828. The van der Waals surface area contributed by atoms with Crippen LogP contribution in [0.1, 0.15) is 46.0 Å². The molecule has 0 atom stereocenters. The van der Waals surface area contributed by atoms with Crippen LogP contribution in [0.15, 0.2) is 18.5 Å². The number of ether oxygens (including phenoxy) is 1. The Balaban J connectivity index is 1.19. The number of urea groups is 1. The molecule has 2 N–H and O–H groups in total. The average Bonchev–Trinajstić information content (AvgIpc) is 3.25. The van der Waals surface area contributed by atoms with Crippen molar-refractivity contribution >= 4 is 28.4 Å². The SMILES string of the molecule is CC(C)(F)Cn1nc(N2CC3(COC3)C2)c2cnc(-c3[nH]ncc3NC(=O)N3CCCCC34CC4)cc21. The first-order valence-electron chi connectivity index (χ1n) is 13.3. The summed E-state index contributed by atoms with van der Waals surface area (Å²) in [7, 11) is 0. The molecule has 1 aliphatic carbocycles. The highest BCUT2D eigenvalue weighted by atomic mass is 19.1. The fraction of sp³-hybridized carbons (Fsp3) is 0.615. The molecule has 4 aliphatic rings. The van der Waals surface area contributed by atoms with Gasteiger partial charge in [-0.3, -0.25) is 14.8 Å². The summed E-state index contributed by atoms with van der Waals surface area (Å²) in [6, 6.07) is 1.82. The average molecular weight is 509 g/mol. The Morgan fingerprint density at radius 1 is 1.22 bits per heavy atom. The number of amides is 2. The highest BCUT2D eigenvalue weighted by Gasteiger charge is 2.51. The minimum absolute atomic E-state index is 0.0481. The van der Waals surface area contributed by atoms with Gasteiger partial charge in [-0.15, -0.1) is 0 Å². The third-order valence-corrected chi connectivity index (χ3v) is 8.37. The molecule has 2 spiro atoms. The van der Waals surface area contributed by atoms with Crippen LogP contribution in [-0.4, -0.2) is 79.9 Å². The molecular weight excluding hydrogens is 475 g/mol. The molecule has 3 aromatic rings. The molecule has 11 heteroatoms. The highest BCUT2D eigenvalue weighted by molar-refractivity contribution is 5.96. The predicted molar refractivity (Wildman–Crippen MR) is 137 cm³/mol. The van der Waals surface area contributed by atoms with E-state index in [-0.39, 0.29) is 23.5 Å². The van der Waals surface area contributed by atoms with E-state index in [0.717, 1.165) is 75.3 Å². The zero-order valence-corrected chi connectivity index (χ0v) is 21.4. The summed E-state index contributed by atoms with van der Waals surface area (Å²) < 4.78 is 21.9. The van der Waals surface area contributed by atoms with Crippen LogP contribution in [0.4, 0.5) is 20.7 Å². The lowest BCUT2D eigenvalue weighted by Gasteiger charge is -2.55. The maximum Gasteiger partial charge on any atom is 0.322 e. The van der Waals surface area contributed by atoms with Crippen molar-refractivity contribution in [3.8, 4) is 11.4 Å². The number of nitrogens with one attached hydrogen (secondary N) is 2. The van der Waals surface area contributed by atoms with Crippen LogP contribution in [0.5, 0.6) is 0 Å². The second-order valence-corrected chi connectivity index (χ2v) is 12.1. The Bertz CT molecular complexity index is 1360. The zero-order chi connectivity index (χ0) is 25.4. The number of rotatable bonds is 5. The van der Waals surface area contributed by atoms with Gasteiger partial charge in [0, 0.05) is 31.4 Å². The number of carbonyl (C=O) groups is 1. The molecule has 0 aromatic carbocycles. The van der Waals surface area contributed by atoms with Crippen molar-refractivity contribution in [2.45, 2.75) is 63.7 Å². The normalized spacial score (nSPS) is 21.8. The van der Waals surface area contributed by atoms with Gasteiger partial charge < -0.3 is 19.9 Å². The van der Waals surface area contributed by atoms with E-state index in [1.54, 1.807) is 30.9 Å². The molecule has 10 nitrogen and oxygen atoms in total. The number of likely N-dealkylation sites (tertiary alicyclic amines) is 1. The second kappa shape index (κ2) is 7.89. The van der Waals surface area contributed by atoms with Gasteiger partial charge in [-0.25, -0.2) is 9.18 Å². The van der Waals surface area contributed by atoms with Gasteiger partial charge in [-0.2, -0.15) is 10.2 Å². The molecular formula is C26H33FN8O2. The van der Waals surface area contributed by atoms with Gasteiger partial charge in [0.15, 0.2) is 5.82 Å². The third-order valence-electron chi connectivity index (χ3n) is 8.37. The Kier molecular flexibility index (Phi) is 4.90. The monoisotopic (exact) mass is 508 g/mol. The molecule has 6 heterocycles. The minimum atomic E-state index is -1.43. The van der Waals surface area contributed by atoms with Crippen LogP contribution >= 0.6 is 0 Å². The van der Waals surface area contributed by atoms with Gasteiger partial charge in [0.1, 0.15) is 11.4 Å². The van der Waals surface area contributed by atoms with Crippen molar-refractivity contribution in [1.29, 1.82) is 0 Å². The number of piperidine rings is 1. The Hall–Kier alpha value is -3.21. The Labute approximate surface area is 214 Å². The number of hydrogen-bond acceptors (Lipinski definition) is 6. The maximum atomic E-state index is 14.7. The number of halogens is 1. The van der Waals surface area contributed by atoms with E-state index in [4.69, 9.17) is 14.8 Å². The Morgan fingerprint density at radius 2 is 2.03 bits per heavy atom. The van der Waals surface area contributed by atoms with E-state index < -0.39 is 5.67 Å². The molecule has 3 aliphatic heterocycles. The number of anilines is 2. The number of aromatic nitrogens is 5. The van der Waals surface area contributed by atoms with Crippen molar-refractivity contribution in [1.82, 2.24) is 29.9 Å². The van der Waals surface area contributed by atoms with Crippen molar-refractivity contribution in [3.63, 3.8) is 0 Å². The largest absolute Gasteiger partial charge is 0.380 e. The number of pyridine rings is 1. The minimum Gasteiger partial charge on any atom is -0.380 e. The van der Waals surface area contributed by atoms with E-state index in [9.17, 15) is 9.18 Å². The van der Waals surface area contributed by atoms with E-state index in [0.29, 0.717) is 17.1 Å².